The number of allylic oxidation sites excluding steroid dienone is 1. The monoisotopic (exact) mass is 209 g/mol. The molecule has 76 valence electrons. The first-order chi connectivity index (χ1) is 5.72. The fourth-order valence-electron chi connectivity index (χ4n) is 0.517. The molecule has 0 rings (SSSR count). The summed E-state index contributed by atoms with van der Waals surface area (Å²) in [6.45, 7) is 1.29. The van der Waals surface area contributed by atoms with Crippen molar-refractivity contribution in [2.24, 2.45) is 0 Å². The average molecular weight is 209 g/mol. The molecule has 0 aromatic rings. The molecule has 0 radical (unpaired) electrons. The molecule has 2 N–H and O–H groups in total. The van der Waals surface area contributed by atoms with Gasteiger partial charge in [0.05, 0.1) is 0 Å². The van der Waals surface area contributed by atoms with Crippen LogP contribution in [-0.2, 0) is 13.9 Å². The zero-order valence-electron chi connectivity index (χ0n) is 7.59. The van der Waals surface area contributed by atoms with E-state index in [1.54, 1.807) is 0 Å². The first-order valence-electron chi connectivity index (χ1n) is 3.37. The zero-order chi connectivity index (χ0) is 10.6. The van der Waals surface area contributed by atoms with Gasteiger partial charge in [-0.2, -0.15) is 0 Å². The van der Waals surface area contributed by atoms with Gasteiger partial charge in [-0.05, 0) is 6.92 Å². The van der Waals surface area contributed by atoms with E-state index in [9.17, 15) is 9.36 Å². The number of hydrogen-bond donors (Lipinski definition) is 2. The van der Waals surface area contributed by atoms with Crippen LogP contribution in [0.4, 0.5) is 0 Å². The maximum atomic E-state index is 11.0. The molecule has 0 heterocycles. The lowest BCUT2D eigenvalue weighted by atomic mass is 10.4. The topological polar surface area (TPSA) is 87.1 Å². The Bertz CT molecular complexity index is 266. The van der Waals surface area contributed by atoms with Crippen LogP contribution in [0, 0.1) is 0 Å². The summed E-state index contributed by atoms with van der Waals surface area (Å²) >= 11 is 0. The van der Waals surface area contributed by atoms with Crippen LogP contribution in [-0.4, -0.2) is 34.7 Å². The number of amides is 1. The van der Waals surface area contributed by atoms with Gasteiger partial charge in [0, 0.05) is 20.2 Å². The average Bonchev–Trinajstić information content (AvgIpc) is 1.81. The van der Waals surface area contributed by atoms with Crippen molar-refractivity contribution in [2.45, 2.75) is 6.92 Å². The summed E-state index contributed by atoms with van der Waals surface area (Å²) in [5.74, 6) is -0.516. The largest absolute Gasteiger partial charge is 0.524 e. The van der Waals surface area contributed by atoms with Gasteiger partial charge in [-0.15, -0.1) is 0 Å². The van der Waals surface area contributed by atoms with E-state index >= 15 is 0 Å². The van der Waals surface area contributed by atoms with Crippen molar-refractivity contribution < 1.29 is 23.7 Å². The van der Waals surface area contributed by atoms with E-state index in [1.165, 1.54) is 25.9 Å². The Kier molecular flexibility index (Phi) is 4.13. The highest BCUT2D eigenvalue weighted by atomic mass is 31.2. The summed E-state index contributed by atoms with van der Waals surface area (Å²) in [7, 11) is -1.51. The van der Waals surface area contributed by atoms with Gasteiger partial charge in [0.1, 0.15) is 5.76 Å². The van der Waals surface area contributed by atoms with Crippen LogP contribution < -0.4 is 0 Å². The number of rotatable bonds is 3. The molecular weight excluding hydrogens is 197 g/mol. The Hall–Kier alpha value is -0.840. The van der Waals surface area contributed by atoms with E-state index < -0.39 is 13.7 Å². The van der Waals surface area contributed by atoms with Crippen molar-refractivity contribution in [3.05, 3.63) is 11.8 Å². The molecule has 0 aromatic heterocycles. The minimum Gasteiger partial charge on any atom is -0.409 e. The Labute approximate surface area is 76.0 Å². The first kappa shape index (κ1) is 12.2. The van der Waals surface area contributed by atoms with Gasteiger partial charge >= 0.3 is 7.82 Å². The molecule has 7 heteroatoms. The van der Waals surface area contributed by atoms with Crippen molar-refractivity contribution in [3.63, 3.8) is 0 Å². The second-order valence-corrected chi connectivity index (χ2v) is 3.73. The maximum absolute atomic E-state index is 11.0. The lowest BCUT2D eigenvalue weighted by Gasteiger charge is -2.09. The van der Waals surface area contributed by atoms with Gasteiger partial charge in [0.2, 0.25) is 5.91 Å². The van der Waals surface area contributed by atoms with Gasteiger partial charge in [0.25, 0.3) is 0 Å². The molecule has 0 atom stereocenters. The van der Waals surface area contributed by atoms with Crippen molar-refractivity contribution >= 4 is 13.7 Å². The molecule has 0 saturated heterocycles. The predicted molar refractivity (Wildman–Crippen MR) is 45.6 cm³/mol. The predicted octanol–water partition coefficient (Wildman–Crippen LogP) is 0.0877. The van der Waals surface area contributed by atoms with Crippen molar-refractivity contribution in [1.29, 1.82) is 0 Å². The lowest BCUT2D eigenvalue weighted by Crippen LogP contribution is -2.19. The third-order valence-electron chi connectivity index (χ3n) is 1.03. The Morgan fingerprint density at radius 3 is 2.23 bits per heavy atom. The molecule has 0 aliphatic heterocycles. The molecule has 0 aliphatic carbocycles. The standard InChI is InChI=1S/C6H12NO5P/c1-5(12-13(9,10)11)4-6(8)7(2)3/h4H,1-3H3,(H2,9,10,11)/b5-4+. The number of phosphoric ester groups is 1. The molecule has 0 aromatic carbocycles. The van der Waals surface area contributed by atoms with Crippen LogP contribution in [0.1, 0.15) is 6.92 Å². The second-order valence-electron chi connectivity index (χ2n) is 2.57. The highest BCUT2D eigenvalue weighted by Gasteiger charge is 2.15. The third kappa shape index (κ3) is 6.33. The summed E-state index contributed by atoms with van der Waals surface area (Å²) in [5.41, 5.74) is 0. The summed E-state index contributed by atoms with van der Waals surface area (Å²) in [6, 6.07) is 0. The van der Waals surface area contributed by atoms with E-state index in [0.29, 0.717) is 0 Å². The molecule has 0 saturated carbocycles. The first-order valence-corrected chi connectivity index (χ1v) is 4.90. The summed E-state index contributed by atoms with van der Waals surface area (Å²) in [4.78, 5) is 28.9. The Morgan fingerprint density at radius 2 is 1.92 bits per heavy atom. The number of nitrogens with zero attached hydrogens (tertiary/aromatic N) is 1. The van der Waals surface area contributed by atoms with Crippen molar-refractivity contribution in [2.75, 3.05) is 14.1 Å². The van der Waals surface area contributed by atoms with Gasteiger partial charge in [0.15, 0.2) is 0 Å². The highest BCUT2D eigenvalue weighted by Crippen LogP contribution is 2.38. The SMILES string of the molecule is C/C(=C\C(=O)N(C)C)OP(=O)(O)O. The number of likely N-dealkylation sites (N-methyl/N-ethyl adjacent to an activating group) is 1. The van der Waals surface area contributed by atoms with E-state index in [-0.39, 0.29) is 5.76 Å². The lowest BCUT2D eigenvalue weighted by molar-refractivity contribution is -0.123. The van der Waals surface area contributed by atoms with E-state index in [4.69, 9.17) is 9.79 Å². The molecule has 0 aliphatic rings. The van der Waals surface area contributed by atoms with Crippen LogP contribution in [0.2, 0.25) is 0 Å². The summed E-state index contributed by atoms with van der Waals surface area (Å²) in [5, 5.41) is 0. The Balaban J connectivity index is 4.35. The van der Waals surface area contributed by atoms with E-state index in [1.807, 2.05) is 0 Å². The van der Waals surface area contributed by atoms with Crippen LogP contribution >= 0.6 is 7.82 Å². The van der Waals surface area contributed by atoms with Crippen LogP contribution in [0.15, 0.2) is 11.8 Å². The number of carbonyl (C=O) groups is 1. The number of phosphoric acid groups is 1. The van der Waals surface area contributed by atoms with Crippen molar-refractivity contribution in [3.8, 4) is 0 Å². The summed E-state index contributed by atoms with van der Waals surface area (Å²) < 4.78 is 14.4. The zero-order valence-corrected chi connectivity index (χ0v) is 8.49. The van der Waals surface area contributed by atoms with Crippen LogP contribution in [0.25, 0.3) is 0 Å². The molecule has 0 unspecified atom stereocenters. The Morgan fingerprint density at radius 1 is 1.46 bits per heavy atom. The molecule has 0 bridgehead atoms. The van der Waals surface area contributed by atoms with Gasteiger partial charge < -0.3 is 9.42 Å². The van der Waals surface area contributed by atoms with Crippen LogP contribution in [0.3, 0.4) is 0 Å². The van der Waals surface area contributed by atoms with Crippen molar-refractivity contribution in [1.82, 2.24) is 4.90 Å². The summed E-state index contributed by atoms with van der Waals surface area (Å²) in [6.07, 6.45) is 0.999. The highest BCUT2D eigenvalue weighted by molar-refractivity contribution is 7.46. The van der Waals surface area contributed by atoms with Gasteiger partial charge in [-0.25, -0.2) is 4.57 Å². The molecule has 0 spiro atoms. The molecule has 0 fully saturated rings. The van der Waals surface area contributed by atoms with E-state index in [2.05, 4.69) is 4.52 Å². The smallest absolute Gasteiger partial charge is 0.409 e. The van der Waals surface area contributed by atoms with Crippen LogP contribution in [0.5, 0.6) is 0 Å². The molecular formula is C6H12NO5P. The molecule has 1 amide bonds. The maximum Gasteiger partial charge on any atom is 0.524 e. The van der Waals surface area contributed by atoms with E-state index in [0.717, 1.165) is 6.08 Å². The quantitative estimate of drug-likeness (QED) is 0.390. The van der Waals surface area contributed by atoms with Gasteiger partial charge in [-0.1, -0.05) is 0 Å². The van der Waals surface area contributed by atoms with Gasteiger partial charge in [-0.3, -0.25) is 14.6 Å². The minimum atomic E-state index is -4.55. The second kappa shape index (κ2) is 4.41. The number of hydrogen-bond acceptors (Lipinski definition) is 3. The molecule has 6 nitrogen and oxygen atoms in total. The minimum absolute atomic E-state index is 0.118. The fraction of sp³-hybridized carbons (Fsp3) is 0.500. The third-order valence-corrected chi connectivity index (χ3v) is 1.56. The molecule has 13 heavy (non-hydrogen) atoms. The normalized spacial score (nSPS) is 12.5. The fourth-order valence-corrected chi connectivity index (χ4v) is 0.945. The number of carbonyl (C=O) groups excluding carboxylic acids is 1.